The van der Waals surface area contributed by atoms with Crippen LogP contribution in [0.1, 0.15) is 11.8 Å². The molecule has 100 valence electrons. The molecule has 0 fully saturated rings. The predicted octanol–water partition coefficient (Wildman–Crippen LogP) is 5.88. The average molecular weight is 444 g/mol. The molecule has 1 rings (SSSR count). The third-order valence-corrected chi connectivity index (χ3v) is 9.50. The molecule has 0 spiro atoms. The summed E-state index contributed by atoms with van der Waals surface area (Å²) in [5.41, 5.74) is 0. The van der Waals surface area contributed by atoms with Crippen LogP contribution in [0, 0.1) is 0 Å². The Labute approximate surface area is 142 Å². The predicted molar refractivity (Wildman–Crippen MR) is 103 cm³/mol. The first-order valence-electron chi connectivity index (χ1n) is 5.39. The SMILES string of the molecule is C/C(S)=C\C(Br)=C(/S)c1sc([Si](C)(C)C)cc1Br. The monoisotopic (exact) mass is 442 g/mol. The lowest BCUT2D eigenvalue weighted by atomic mass is 10.4. The van der Waals surface area contributed by atoms with Gasteiger partial charge in [-0.05, 0) is 60.3 Å². The van der Waals surface area contributed by atoms with Gasteiger partial charge in [0.1, 0.15) is 0 Å². The standard InChI is InChI=1S/C12H16Br2S3Si/c1-7(15)5-8(13)11(16)12-9(14)6-10(17-12)18(2,3)4/h5-6,15-16H,1-4H3/b7-5+,11-8+. The number of thiophene rings is 1. The van der Waals surface area contributed by atoms with Crippen molar-refractivity contribution >= 4 is 85.9 Å². The summed E-state index contributed by atoms with van der Waals surface area (Å²) in [4.78, 5) is 3.07. The fraction of sp³-hybridized carbons (Fsp3) is 0.333. The molecular formula is C12H16Br2S3Si. The normalized spacial score (nSPS) is 14.8. The molecule has 0 N–H and O–H groups in total. The molecule has 0 aromatic carbocycles. The summed E-state index contributed by atoms with van der Waals surface area (Å²) in [7, 11) is -1.27. The van der Waals surface area contributed by atoms with Gasteiger partial charge in [0.25, 0.3) is 0 Å². The van der Waals surface area contributed by atoms with Gasteiger partial charge < -0.3 is 0 Å². The topological polar surface area (TPSA) is 0 Å². The first-order chi connectivity index (χ1) is 8.12. The summed E-state index contributed by atoms with van der Waals surface area (Å²) >= 11 is 17.9. The molecule has 0 aliphatic rings. The molecular weight excluding hydrogens is 428 g/mol. The van der Waals surface area contributed by atoms with E-state index in [0.717, 1.165) is 18.8 Å². The Kier molecular flexibility index (Phi) is 6.34. The number of hydrogen-bond donors (Lipinski definition) is 2. The van der Waals surface area contributed by atoms with E-state index in [-0.39, 0.29) is 0 Å². The lowest BCUT2D eigenvalue weighted by Crippen LogP contribution is -2.34. The Balaban J connectivity index is 3.27. The van der Waals surface area contributed by atoms with E-state index in [1.165, 1.54) is 9.38 Å². The Hall–Kier alpha value is 1.06. The molecule has 0 nitrogen and oxygen atoms in total. The van der Waals surface area contributed by atoms with Gasteiger partial charge in [0.2, 0.25) is 0 Å². The van der Waals surface area contributed by atoms with Crippen molar-refractivity contribution in [1.82, 2.24) is 0 Å². The van der Waals surface area contributed by atoms with Crippen molar-refractivity contribution in [3.8, 4) is 0 Å². The second-order valence-electron chi connectivity index (χ2n) is 5.02. The smallest absolute Gasteiger partial charge is 0.0904 e. The molecule has 1 heterocycles. The van der Waals surface area contributed by atoms with Crippen LogP contribution in [-0.4, -0.2) is 8.07 Å². The molecule has 0 unspecified atom stereocenters. The van der Waals surface area contributed by atoms with Crippen molar-refractivity contribution < 1.29 is 0 Å². The highest BCUT2D eigenvalue weighted by Gasteiger charge is 2.22. The van der Waals surface area contributed by atoms with Gasteiger partial charge in [0.05, 0.1) is 13.0 Å². The largest absolute Gasteiger partial charge is 0.148 e. The fourth-order valence-corrected chi connectivity index (χ4v) is 6.61. The van der Waals surface area contributed by atoms with Crippen molar-refractivity contribution in [3.63, 3.8) is 0 Å². The van der Waals surface area contributed by atoms with E-state index in [0.29, 0.717) is 0 Å². The summed E-state index contributed by atoms with van der Waals surface area (Å²) in [5, 5.41) is 0. The number of rotatable bonds is 3. The zero-order valence-corrected chi connectivity index (χ0v) is 17.5. The maximum atomic E-state index is 4.62. The summed E-state index contributed by atoms with van der Waals surface area (Å²) in [6.07, 6.45) is 1.96. The molecule has 0 saturated heterocycles. The maximum absolute atomic E-state index is 4.62. The first kappa shape index (κ1) is 17.1. The molecule has 0 aliphatic heterocycles. The molecule has 1 aromatic rings. The minimum Gasteiger partial charge on any atom is -0.148 e. The molecule has 0 saturated carbocycles. The van der Waals surface area contributed by atoms with Crippen LogP contribution < -0.4 is 4.50 Å². The highest BCUT2D eigenvalue weighted by molar-refractivity contribution is 9.12. The van der Waals surface area contributed by atoms with Crippen LogP contribution in [0.5, 0.6) is 0 Å². The Morgan fingerprint density at radius 2 is 1.89 bits per heavy atom. The van der Waals surface area contributed by atoms with Crippen LogP contribution >= 0.6 is 68.5 Å². The number of thiol groups is 2. The van der Waals surface area contributed by atoms with E-state index in [1.807, 2.05) is 24.3 Å². The summed E-state index contributed by atoms with van der Waals surface area (Å²) in [6.45, 7) is 9.00. The molecule has 0 radical (unpaired) electrons. The highest BCUT2D eigenvalue weighted by atomic mass is 79.9. The third-order valence-electron chi connectivity index (χ3n) is 2.20. The van der Waals surface area contributed by atoms with E-state index in [1.54, 1.807) is 0 Å². The molecule has 0 bridgehead atoms. The van der Waals surface area contributed by atoms with E-state index >= 15 is 0 Å². The van der Waals surface area contributed by atoms with E-state index in [9.17, 15) is 0 Å². The van der Waals surface area contributed by atoms with Gasteiger partial charge in [-0.15, -0.1) is 36.6 Å². The lowest BCUT2D eigenvalue weighted by molar-refractivity contribution is 1.68. The Bertz CT molecular complexity index is 506. The van der Waals surface area contributed by atoms with Crippen LogP contribution in [0.25, 0.3) is 4.91 Å². The molecule has 0 amide bonds. The maximum Gasteiger partial charge on any atom is 0.0904 e. The average Bonchev–Trinajstić information content (AvgIpc) is 2.57. The van der Waals surface area contributed by atoms with E-state index in [4.69, 9.17) is 0 Å². The molecule has 1 aromatic heterocycles. The van der Waals surface area contributed by atoms with Gasteiger partial charge in [-0.1, -0.05) is 19.6 Å². The quantitative estimate of drug-likeness (QED) is 0.325. The van der Waals surface area contributed by atoms with Gasteiger partial charge in [-0.3, -0.25) is 0 Å². The number of halogens is 2. The molecule has 0 aliphatic carbocycles. The highest BCUT2D eigenvalue weighted by Crippen LogP contribution is 2.36. The molecule has 6 heteroatoms. The van der Waals surface area contributed by atoms with Gasteiger partial charge in [-0.25, -0.2) is 0 Å². The van der Waals surface area contributed by atoms with Crippen LogP contribution in [0.15, 0.2) is 26.0 Å². The van der Waals surface area contributed by atoms with E-state index < -0.39 is 8.07 Å². The summed E-state index contributed by atoms with van der Waals surface area (Å²) < 4.78 is 3.56. The minimum absolute atomic E-state index is 0.949. The van der Waals surface area contributed by atoms with Gasteiger partial charge >= 0.3 is 0 Å². The van der Waals surface area contributed by atoms with Gasteiger partial charge in [0.15, 0.2) is 0 Å². The second-order valence-corrected chi connectivity index (χ2v) is 14.3. The third kappa shape index (κ3) is 4.56. The zero-order valence-electron chi connectivity index (χ0n) is 10.7. The van der Waals surface area contributed by atoms with Crippen molar-refractivity contribution in [2.45, 2.75) is 26.6 Å². The van der Waals surface area contributed by atoms with Crippen LogP contribution in [0.4, 0.5) is 0 Å². The summed E-state index contributed by atoms with van der Waals surface area (Å²) in [5.74, 6) is 0. The van der Waals surface area contributed by atoms with Crippen LogP contribution in [0.3, 0.4) is 0 Å². The van der Waals surface area contributed by atoms with Crippen molar-refractivity contribution in [2.24, 2.45) is 0 Å². The van der Waals surface area contributed by atoms with E-state index in [2.05, 4.69) is 82.8 Å². The molecule has 18 heavy (non-hydrogen) atoms. The molecule has 0 atom stereocenters. The van der Waals surface area contributed by atoms with Gasteiger partial charge in [0, 0.05) is 13.9 Å². The van der Waals surface area contributed by atoms with Crippen molar-refractivity contribution in [1.29, 1.82) is 0 Å². The van der Waals surface area contributed by atoms with Gasteiger partial charge in [-0.2, -0.15) is 0 Å². The fourth-order valence-electron chi connectivity index (χ4n) is 1.26. The lowest BCUT2D eigenvalue weighted by Gasteiger charge is -2.12. The second kappa shape index (κ2) is 6.67. The Morgan fingerprint density at radius 1 is 1.33 bits per heavy atom. The van der Waals surface area contributed by atoms with Crippen molar-refractivity contribution in [3.05, 3.63) is 30.9 Å². The van der Waals surface area contributed by atoms with Crippen LogP contribution in [0.2, 0.25) is 19.6 Å². The number of hydrogen-bond acceptors (Lipinski definition) is 3. The Morgan fingerprint density at radius 3 is 2.28 bits per heavy atom. The first-order valence-corrected chi connectivity index (χ1v) is 12.2. The van der Waals surface area contributed by atoms with Crippen molar-refractivity contribution in [2.75, 3.05) is 0 Å². The van der Waals surface area contributed by atoms with Crippen LogP contribution in [-0.2, 0) is 0 Å². The zero-order chi connectivity index (χ0) is 14.1. The minimum atomic E-state index is -1.27. The number of allylic oxidation sites excluding steroid dienone is 3. The summed E-state index contributed by atoms with van der Waals surface area (Å²) in [6, 6.07) is 2.24.